The van der Waals surface area contributed by atoms with Crippen molar-refractivity contribution in [2.45, 2.75) is 64.6 Å². The molecule has 142 valence electrons. The minimum Gasteiger partial charge on any atom is -0.485 e. The van der Waals surface area contributed by atoms with E-state index in [1.54, 1.807) is 6.92 Å². The number of benzene rings is 1. The maximum Gasteiger partial charge on any atom is 0.225 e. The molecule has 2 aliphatic rings. The summed E-state index contributed by atoms with van der Waals surface area (Å²) in [6.07, 6.45) is 3.51. The maximum absolute atomic E-state index is 12.8. The zero-order valence-corrected chi connectivity index (χ0v) is 16.3. The molecule has 5 nitrogen and oxygen atoms in total. The number of rotatable bonds is 2. The van der Waals surface area contributed by atoms with Crippen LogP contribution in [0.25, 0.3) is 0 Å². The van der Waals surface area contributed by atoms with Crippen molar-refractivity contribution in [2.24, 2.45) is 5.92 Å². The largest absolute Gasteiger partial charge is 0.485 e. The lowest BCUT2D eigenvalue weighted by atomic mass is 9.81. The number of ether oxygens (including phenoxy) is 1. The molecule has 1 spiro atoms. The summed E-state index contributed by atoms with van der Waals surface area (Å²) in [5.41, 5.74) is 0.715. The predicted octanol–water partition coefficient (Wildman–Crippen LogP) is 3.22. The highest BCUT2D eigenvalue weighted by molar-refractivity contribution is 5.78. The molecule has 0 bridgehead atoms. The molecule has 5 heteroatoms. The van der Waals surface area contributed by atoms with Crippen molar-refractivity contribution in [1.29, 1.82) is 0 Å². The Morgan fingerprint density at radius 3 is 2.50 bits per heavy atom. The van der Waals surface area contributed by atoms with E-state index >= 15 is 0 Å². The summed E-state index contributed by atoms with van der Waals surface area (Å²) in [4.78, 5) is 28.3. The highest BCUT2D eigenvalue weighted by Gasteiger charge is 2.43. The quantitative estimate of drug-likeness (QED) is 0.816. The van der Waals surface area contributed by atoms with Crippen molar-refractivity contribution in [3.63, 3.8) is 0 Å². The average Bonchev–Trinajstić information content (AvgIpc) is 2.77. The van der Waals surface area contributed by atoms with E-state index in [-0.39, 0.29) is 29.4 Å². The summed E-state index contributed by atoms with van der Waals surface area (Å²) in [6.45, 7) is 6.74. The highest BCUT2D eigenvalue weighted by Crippen LogP contribution is 2.39. The lowest BCUT2D eigenvalue weighted by Crippen LogP contribution is -2.53. The van der Waals surface area contributed by atoms with E-state index in [0.717, 1.165) is 37.0 Å². The number of carbonyl (C=O) groups is 2. The summed E-state index contributed by atoms with van der Waals surface area (Å²) in [5.74, 6) is 1.14. The van der Waals surface area contributed by atoms with Crippen molar-refractivity contribution in [2.75, 3.05) is 13.6 Å². The first kappa shape index (κ1) is 18.7. The summed E-state index contributed by atoms with van der Waals surface area (Å²) in [5, 5.41) is 0. The summed E-state index contributed by atoms with van der Waals surface area (Å²) in [7, 11) is 1.88. The van der Waals surface area contributed by atoms with Crippen LogP contribution in [0, 0.1) is 5.92 Å². The Labute approximate surface area is 156 Å². The topological polar surface area (TPSA) is 49.9 Å². The molecule has 1 aliphatic heterocycles. The van der Waals surface area contributed by atoms with Crippen LogP contribution in [0.1, 0.15) is 52.0 Å². The molecule has 1 heterocycles. The third-order valence-electron chi connectivity index (χ3n) is 5.86. The Balaban J connectivity index is 1.85. The van der Waals surface area contributed by atoms with Crippen molar-refractivity contribution >= 4 is 11.8 Å². The molecule has 1 fully saturated rings. The van der Waals surface area contributed by atoms with Crippen LogP contribution in [0.5, 0.6) is 5.75 Å². The molecule has 0 unspecified atom stereocenters. The minimum absolute atomic E-state index is 0.0301. The molecule has 2 amide bonds. The summed E-state index contributed by atoms with van der Waals surface area (Å²) < 4.78 is 6.54. The van der Waals surface area contributed by atoms with Gasteiger partial charge >= 0.3 is 0 Å². The van der Waals surface area contributed by atoms with E-state index in [1.165, 1.54) is 0 Å². The molecule has 1 aliphatic carbocycles. The standard InChI is InChI=1S/C21H30N2O3/c1-15(2)20(25)23-13-17-7-5-6-8-19(17)26-21(14-23)11-9-18(10-12-21)22(4)16(3)24/h5-8,15,18H,9-14H2,1-4H3. The van der Waals surface area contributed by atoms with Crippen molar-refractivity contribution in [3.05, 3.63) is 29.8 Å². The predicted molar refractivity (Wildman–Crippen MR) is 101 cm³/mol. The summed E-state index contributed by atoms with van der Waals surface area (Å²) in [6, 6.07) is 8.30. The first-order valence-electron chi connectivity index (χ1n) is 9.60. The van der Waals surface area contributed by atoms with E-state index in [2.05, 4.69) is 0 Å². The SMILES string of the molecule is CC(=O)N(C)C1CCC2(CC1)CN(C(=O)C(C)C)Cc1ccccc1O2. The van der Waals surface area contributed by atoms with Crippen LogP contribution in [-0.4, -0.2) is 46.8 Å². The van der Waals surface area contributed by atoms with Crippen LogP contribution in [0.3, 0.4) is 0 Å². The van der Waals surface area contributed by atoms with Crippen molar-refractivity contribution < 1.29 is 14.3 Å². The molecule has 26 heavy (non-hydrogen) atoms. The number of nitrogens with zero attached hydrogens (tertiary/aromatic N) is 2. The van der Waals surface area contributed by atoms with E-state index in [1.807, 2.05) is 55.0 Å². The van der Waals surface area contributed by atoms with Gasteiger partial charge in [-0.05, 0) is 31.7 Å². The van der Waals surface area contributed by atoms with Gasteiger partial charge in [-0.3, -0.25) is 9.59 Å². The van der Waals surface area contributed by atoms with Gasteiger partial charge in [-0.15, -0.1) is 0 Å². The van der Waals surface area contributed by atoms with Gasteiger partial charge in [0.2, 0.25) is 11.8 Å². The van der Waals surface area contributed by atoms with Crippen LogP contribution in [0.15, 0.2) is 24.3 Å². The van der Waals surface area contributed by atoms with E-state index < -0.39 is 0 Å². The molecule has 0 radical (unpaired) electrons. The van der Waals surface area contributed by atoms with Crippen LogP contribution >= 0.6 is 0 Å². The molecule has 0 N–H and O–H groups in total. The molecule has 3 rings (SSSR count). The van der Waals surface area contributed by atoms with E-state index in [0.29, 0.717) is 13.1 Å². The van der Waals surface area contributed by atoms with Gasteiger partial charge in [0.05, 0.1) is 6.54 Å². The van der Waals surface area contributed by atoms with Crippen molar-refractivity contribution in [1.82, 2.24) is 9.80 Å². The van der Waals surface area contributed by atoms with E-state index in [4.69, 9.17) is 4.74 Å². The Morgan fingerprint density at radius 2 is 1.88 bits per heavy atom. The smallest absolute Gasteiger partial charge is 0.225 e. The third kappa shape index (κ3) is 3.71. The first-order valence-corrected chi connectivity index (χ1v) is 9.60. The lowest BCUT2D eigenvalue weighted by Gasteiger charge is -2.43. The van der Waals surface area contributed by atoms with Crippen LogP contribution in [-0.2, 0) is 16.1 Å². The molecule has 1 aromatic carbocycles. The Hall–Kier alpha value is -2.04. The lowest BCUT2D eigenvalue weighted by molar-refractivity contribution is -0.138. The second-order valence-electron chi connectivity index (χ2n) is 8.10. The normalized spacial score (nSPS) is 25.4. The Bertz CT molecular complexity index is 678. The number of amides is 2. The van der Waals surface area contributed by atoms with E-state index in [9.17, 15) is 9.59 Å². The van der Waals surface area contributed by atoms with Gasteiger partial charge < -0.3 is 14.5 Å². The van der Waals surface area contributed by atoms with Crippen LogP contribution in [0.2, 0.25) is 0 Å². The molecule has 1 saturated carbocycles. The number of para-hydroxylation sites is 1. The fourth-order valence-electron chi connectivity index (χ4n) is 4.16. The highest BCUT2D eigenvalue weighted by atomic mass is 16.5. The van der Waals surface area contributed by atoms with Gasteiger partial charge in [-0.1, -0.05) is 32.0 Å². The second-order valence-corrected chi connectivity index (χ2v) is 8.10. The fourth-order valence-corrected chi connectivity index (χ4v) is 4.16. The molecule has 0 aromatic heterocycles. The monoisotopic (exact) mass is 358 g/mol. The second kappa shape index (κ2) is 7.29. The van der Waals surface area contributed by atoms with Gasteiger partial charge in [0, 0.05) is 38.0 Å². The maximum atomic E-state index is 12.8. The van der Waals surface area contributed by atoms with Crippen LogP contribution in [0.4, 0.5) is 0 Å². The number of hydrogen-bond donors (Lipinski definition) is 0. The Morgan fingerprint density at radius 1 is 1.23 bits per heavy atom. The minimum atomic E-state index is -0.356. The molecule has 0 saturated heterocycles. The molecule has 1 aromatic rings. The Kier molecular flexibility index (Phi) is 5.26. The first-order chi connectivity index (χ1) is 12.3. The number of fused-ring (bicyclic) bond motifs is 1. The zero-order valence-electron chi connectivity index (χ0n) is 16.3. The number of carbonyl (C=O) groups excluding carboxylic acids is 2. The van der Waals surface area contributed by atoms with Gasteiger partial charge in [0.15, 0.2) is 0 Å². The fraction of sp³-hybridized carbons (Fsp3) is 0.619. The average molecular weight is 358 g/mol. The van der Waals surface area contributed by atoms with Gasteiger partial charge in [-0.25, -0.2) is 0 Å². The molecular formula is C21H30N2O3. The van der Waals surface area contributed by atoms with Gasteiger partial charge in [-0.2, -0.15) is 0 Å². The van der Waals surface area contributed by atoms with Gasteiger partial charge in [0.1, 0.15) is 11.4 Å². The molecular weight excluding hydrogens is 328 g/mol. The number of hydrogen-bond acceptors (Lipinski definition) is 3. The molecule has 0 atom stereocenters. The van der Waals surface area contributed by atoms with Crippen LogP contribution < -0.4 is 4.74 Å². The zero-order chi connectivity index (χ0) is 18.9. The summed E-state index contributed by atoms with van der Waals surface area (Å²) >= 11 is 0. The van der Waals surface area contributed by atoms with Gasteiger partial charge in [0.25, 0.3) is 0 Å². The van der Waals surface area contributed by atoms with Crippen molar-refractivity contribution in [3.8, 4) is 5.75 Å². The third-order valence-corrected chi connectivity index (χ3v) is 5.86.